The fourth-order valence-corrected chi connectivity index (χ4v) is 3.63. The topological polar surface area (TPSA) is 75.5 Å². The first-order valence-electron chi connectivity index (χ1n) is 11.1. The minimum absolute atomic E-state index is 0.0529. The van der Waals surface area contributed by atoms with Crippen LogP contribution in [0.15, 0.2) is 42.7 Å². The second-order valence-electron chi connectivity index (χ2n) is 8.19. The molecule has 10 heteroatoms. The van der Waals surface area contributed by atoms with Crippen molar-refractivity contribution in [3.05, 3.63) is 65.1 Å². The summed E-state index contributed by atoms with van der Waals surface area (Å²) in [7, 11) is 2.85. The van der Waals surface area contributed by atoms with Crippen molar-refractivity contribution >= 4 is 5.97 Å². The van der Waals surface area contributed by atoms with Crippen molar-refractivity contribution in [2.45, 2.75) is 45.2 Å². The molecule has 3 aromatic rings. The van der Waals surface area contributed by atoms with Crippen molar-refractivity contribution in [1.82, 2.24) is 14.8 Å². The van der Waals surface area contributed by atoms with E-state index in [0.29, 0.717) is 36.5 Å². The Balaban J connectivity index is 1.74. The van der Waals surface area contributed by atoms with Crippen LogP contribution < -0.4 is 9.47 Å². The Morgan fingerprint density at radius 3 is 2.57 bits per heavy atom. The first-order chi connectivity index (χ1) is 16.6. The number of aryl methyl sites for hydroxylation is 1. The fourth-order valence-electron chi connectivity index (χ4n) is 3.63. The molecule has 35 heavy (non-hydrogen) atoms. The van der Waals surface area contributed by atoms with Crippen LogP contribution in [0.2, 0.25) is 0 Å². The van der Waals surface area contributed by atoms with E-state index < -0.39 is 11.7 Å². The minimum Gasteiger partial charge on any atom is -0.493 e. The number of nitrogens with zero attached hydrogens (tertiary/aromatic N) is 3. The predicted octanol–water partition coefficient (Wildman–Crippen LogP) is 5.15. The first kappa shape index (κ1) is 26.1. The summed E-state index contributed by atoms with van der Waals surface area (Å²) in [6, 6.07) is 7.21. The lowest BCUT2D eigenvalue weighted by Crippen LogP contribution is -2.09. The number of aromatic nitrogens is 3. The maximum Gasteiger partial charge on any atom is 0.416 e. The van der Waals surface area contributed by atoms with Crippen LogP contribution in [0.5, 0.6) is 11.5 Å². The monoisotopic (exact) mass is 491 g/mol. The van der Waals surface area contributed by atoms with Gasteiger partial charge in [-0.05, 0) is 42.5 Å². The lowest BCUT2D eigenvalue weighted by Gasteiger charge is -2.14. The van der Waals surface area contributed by atoms with Gasteiger partial charge in [-0.1, -0.05) is 26.0 Å². The molecule has 0 amide bonds. The van der Waals surface area contributed by atoms with E-state index in [9.17, 15) is 18.0 Å². The van der Waals surface area contributed by atoms with Crippen LogP contribution >= 0.6 is 0 Å². The van der Waals surface area contributed by atoms with Gasteiger partial charge in [0.2, 0.25) is 0 Å². The Kier molecular flexibility index (Phi) is 8.37. The largest absolute Gasteiger partial charge is 0.493 e. The number of para-hydroxylation sites is 1. The summed E-state index contributed by atoms with van der Waals surface area (Å²) in [6.07, 6.45) is -0.370. The number of rotatable bonds is 10. The quantitative estimate of drug-likeness (QED) is 0.289. The molecule has 0 atom stereocenters. The zero-order valence-corrected chi connectivity index (χ0v) is 20.1. The number of halogens is 3. The van der Waals surface area contributed by atoms with Crippen molar-refractivity contribution in [2.24, 2.45) is 0 Å². The highest BCUT2D eigenvalue weighted by molar-refractivity contribution is 5.74. The third-order valence-electron chi connectivity index (χ3n) is 5.36. The zero-order chi connectivity index (χ0) is 25.6. The second kappa shape index (κ2) is 11.2. The maximum atomic E-state index is 13.1. The van der Waals surface area contributed by atoms with Crippen molar-refractivity contribution in [3.8, 4) is 17.3 Å². The Morgan fingerprint density at radius 2 is 1.91 bits per heavy atom. The molecule has 188 valence electrons. The standard InChI is InChI=1S/C25H28F3N3O4/c1-16(2)23-18(15-31(30-23)21-14-19(10-11-29-21)25(26,27)28)8-6-12-35-24-17(13-22(32)34-4)7-5-9-20(24)33-3/h5,7,9-11,14-16H,6,8,12-13H2,1-4H3. The number of carbonyl (C=O) groups excluding carboxylic acids is 1. The van der Waals surface area contributed by atoms with Gasteiger partial charge in [-0.15, -0.1) is 0 Å². The van der Waals surface area contributed by atoms with E-state index in [1.807, 2.05) is 13.8 Å². The molecular weight excluding hydrogens is 463 g/mol. The van der Waals surface area contributed by atoms with Crippen LogP contribution in [0, 0.1) is 0 Å². The van der Waals surface area contributed by atoms with Gasteiger partial charge in [0, 0.05) is 18.0 Å². The molecule has 1 aromatic carbocycles. The van der Waals surface area contributed by atoms with Crippen LogP contribution in [0.25, 0.3) is 5.82 Å². The van der Waals surface area contributed by atoms with Gasteiger partial charge in [0.1, 0.15) is 0 Å². The van der Waals surface area contributed by atoms with Crippen LogP contribution in [0.3, 0.4) is 0 Å². The molecule has 0 aliphatic heterocycles. The Labute approximate surface area is 201 Å². The summed E-state index contributed by atoms with van der Waals surface area (Å²) in [5.74, 6) is 0.774. The summed E-state index contributed by atoms with van der Waals surface area (Å²) < 4.78 is 56.8. The molecule has 0 bridgehead atoms. The van der Waals surface area contributed by atoms with Gasteiger partial charge < -0.3 is 14.2 Å². The van der Waals surface area contributed by atoms with Crippen LogP contribution in [-0.4, -0.2) is 41.6 Å². The number of pyridine rings is 1. The van der Waals surface area contributed by atoms with Gasteiger partial charge in [0.05, 0.1) is 38.5 Å². The summed E-state index contributed by atoms with van der Waals surface area (Å²) >= 11 is 0. The lowest BCUT2D eigenvalue weighted by atomic mass is 10.0. The van der Waals surface area contributed by atoms with E-state index in [2.05, 4.69) is 10.1 Å². The number of alkyl halides is 3. The summed E-state index contributed by atoms with van der Waals surface area (Å²) in [6.45, 7) is 4.28. The van der Waals surface area contributed by atoms with E-state index in [0.717, 1.165) is 29.6 Å². The van der Waals surface area contributed by atoms with Crippen LogP contribution in [0.4, 0.5) is 13.2 Å². The number of hydrogen-bond acceptors (Lipinski definition) is 6. The van der Waals surface area contributed by atoms with E-state index >= 15 is 0 Å². The molecule has 0 N–H and O–H groups in total. The molecule has 0 fully saturated rings. The molecule has 0 aliphatic carbocycles. The SMILES string of the molecule is COC(=O)Cc1cccc(OC)c1OCCCc1cn(-c2cc(C(F)(F)F)ccn2)nc1C(C)C. The van der Waals surface area contributed by atoms with Gasteiger partial charge in [0.25, 0.3) is 0 Å². The first-order valence-corrected chi connectivity index (χ1v) is 11.1. The zero-order valence-electron chi connectivity index (χ0n) is 20.1. The number of benzene rings is 1. The smallest absolute Gasteiger partial charge is 0.416 e. The molecule has 0 radical (unpaired) electrons. The highest BCUT2D eigenvalue weighted by Crippen LogP contribution is 2.32. The number of esters is 1. The number of carbonyl (C=O) groups is 1. The van der Waals surface area contributed by atoms with Crippen LogP contribution in [-0.2, 0) is 28.5 Å². The molecule has 0 spiro atoms. The van der Waals surface area contributed by atoms with Gasteiger partial charge in [0.15, 0.2) is 17.3 Å². The molecule has 0 aliphatic rings. The van der Waals surface area contributed by atoms with E-state index in [4.69, 9.17) is 14.2 Å². The summed E-state index contributed by atoms with van der Waals surface area (Å²) in [5, 5.41) is 4.50. The van der Waals surface area contributed by atoms with Crippen molar-refractivity contribution < 1.29 is 32.2 Å². The number of methoxy groups -OCH3 is 2. The average molecular weight is 492 g/mol. The summed E-state index contributed by atoms with van der Waals surface area (Å²) in [4.78, 5) is 15.8. The molecular formula is C25H28F3N3O4. The Hall–Kier alpha value is -3.56. The Bertz CT molecular complexity index is 1160. The Morgan fingerprint density at radius 1 is 1.14 bits per heavy atom. The predicted molar refractivity (Wildman–Crippen MR) is 123 cm³/mol. The highest BCUT2D eigenvalue weighted by atomic mass is 19.4. The minimum atomic E-state index is -4.46. The molecule has 2 aromatic heterocycles. The third-order valence-corrected chi connectivity index (χ3v) is 5.36. The van der Waals surface area contributed by atoms with Gasteiger partial charge in [-0.25, -0.2) is 9.67 Å². The van der Waals surface area contributed by atoms with Gasteiger partial charge in [-0.3, -0.25) is 4.79 Å². The third kappa shape index (κ3) is 6.52. The van der Waals surface area contributed by atoms with Crippen LogP contribution in [0.1, 0.15) is 48.6 Å². The normalized spacial score (nSPS) is 11.5. The molecule has 0 unspecified atom stereocenters. The van der Waals surface area contributed by atoms with Crippen molar-refractivity contribution in [3.63, 3.8) is 0 Å². The van der Waals surface area contributed by atoms with Crippen molar-refractivity contribution in [2.75, 3.05) is 20.8 Å². The van der Waals surface area contributed by atoms with E-state index in [1.165, 1.54) is 18.9 Å². The van der Waals surface area contributed by atoms with Gasteiger partial charge >= 0.3 is 12.1 Å². The lowest BCUT2D eigenvalue weighted by molar-refractivity contribution is -0.140. The molecule has 0 saturated heterocycles. The molecule has 7 nitrogen and oxygen atoms in total. The fraction of sp³-hybridized carbons (Fsp3) is 0.400. The van der Waals surface area contributed by atoms with E-state index in [1.54, 1.807) is 24.4 Å². The van der Waals surface area contributed by atoms with E-state index in [-0.39, 0.29) is 24.1 Å². The number of ether oxygens (including phenoxy) is 3. The average Bonchev–Trinajstić information content (AvgIpc) is 3.26. The van der Waals surface area contributed by atoms with Gasteiger partial charge in [-0.2, -0.15) is 18.3 Å². The maximum absolute atomic E-state index is 13.1. The highest BCUT2D eigenvalue weighted by Gasteiger charge is 2.31. The molecule has 0 saturated carbocycles. The van der Waals surface area contributed by atoms with Crippen molar-refractivity contribution in [1.29, 1.82) is 0 Å². The number of hydrogen-bond donors (Lipinski definition) is 0. The molecule has 3 rings (SSSR count). The second-order valence-corrected chi connectivity index (χ2v) is 8.19. The summed E-state index contributed by atoms with van der Waals surface area (Å²) in [5.41, 5.74) is 1.56. The molecule has 2 heterocycles.